The largest absolute Gasteiger partial charge is 0.397 e. The molecule has 0 spiro atoms. The topological polar surface area (TPSA) is 84.2 Å². The van der Waals surface area contributed by atoms with Crippen LogP contribution in [0.15, 0.2) is 23.1 Å². The number of nitrogens with one attached hydrogen (secondary N) is 2. The van der Waals surface area contributed by atoms with E-state index in [-0.39, 0.29) is 10.4 Å². The Morgan fingerprint density at radius 2 is 1.95 bits per heavy atom. The Morgan fingerprint density at radius 3 is 2.42 bits per heavy atom. The van der Waals surface area contributed by atoms with Gasteiger partial charge in [0.25, 0.3) is 0 Å². The van der Waals surface area contributed by atoms with Crippen molar-refractivity contribution in [2.75, 3.05) is 18.1 Å². The van der Waals surface area contributed by atoms with E-state index in [1.807, 2.05) is 0 Å². The Balaban J connectivity index is 3.02. The van der Waals surface area contributed by atoms with Crippen LogP contribution in [-0.4, -0.2) is 21.0 Å². The van der Waals surface area contributed by atoms with Gasteiger partial charge in [-0.2, -0.15) is 0 Å². The summed E-state index contributed by atoms with van der Waals surface area (Å²) < 4.78 is 25.6. The van der Waals surface area contributed by atoms with E-state index in [1.165, 1.54) is 13.1 Å². The molecule has 0 radical (unpaired) electrons. The standard InChI is InChI=1S/C13H23N3O2S/c1-5-8-13(2,3)16-12-7-6-10(9-11(12)14)19(17,18)15-4/h6-7,9,15-16H,5,8,14H2,1-4H3. The van der Waals surface area contributed by atoms with Crippen molar-refractivity contribution < 1.29 is 8.42 Å². The molecule has 0 atom stereocenters. The summed E-state index contributed by atoms with van der Waals surface area (Å²) in [5.41, 5.74) is 7.03. The molecule has 0 aliphatic heterocycles. The summed E-state index contributed by atoms with van der Waals surface area (Å²) in [4.78, 5) is 0.173. The molecule has 0 unspecified atom stereocenters. The Labute approximate surface area is 115 Å². The van der Waals surface area contributed by atoms with Crippen LogP contribution in [0.25, 0.3) is 0 Å². The van der Waals surface area contributed by atoms with Crippen molar-refractivity contribution in [3.05, 3.63) is 18.2 Å². The van der Waals surface area contributed by atoms with E-state index >= 15 is 0 Å². The van der Waals surface area contributed by atoms with Crippen LogP contribution < -0.4 is 15.8 Å². The Kier molecular flexibility index (Phi) is 4.81. The van der Waals surface area contributed by atoms with E-state index in [1.54, 1.807) is 12.1 Å². The molecule has 6 heteroatoms. The van der Waals surface area contributed by atoms with Gasteiger partial charge in [-0.05, 0) is 45.5 Å². The van der Waals surface area contributed by atoms with E-state index in [0.717, 1.165) is 18.5 Å². The smallest absolute Gasteiger partial charge is 0.240 e. The molecule has 108 valence electrons. The van der Waals surface area contributed by atoms with Gasteiger partial charge >= 0.3 is 0 Å². The van der Waals surface area contributed by atoms with Crippen molar-refractivity contribution >= 4 is 21.4 Å². The number of sulfonamides is 1. The maximum Gasteiger partial charge on any atom is 0.240 e. The molecule has 0 fully saturated rings. The molecule has 0 aliphatic rings. The van der Waals surface area contributed by atoms with Gasteiger partial charge < -0.3 is 11.1 Å². The first-order chi connectivity index (χ1) is 8.72. The lowest BCUT2D eigenvalue weighted by molar-refractivity contribution is 0.511. The van der Waals surface area contributed by atoms with Crippen LogP contribution in [0.1, 0.15) is 33.6 Å². The molecule has 0 saturated heterocycles. The monoisotopic (exact) mass is 285 g/mol. The summed E-state index contributed by atoms with van der Waals surface area (Å²) in [6, 6.07) is 4.72. The minimum atomic E-state index is -3.45. The third-order valence-corrected chi connectivity index (χ3v) is 4.36. The molecular weight excluding hydrogens is 262 g/mol. The van der Waals surface area contributed by atoms with Gasteiger partial charge in [0, 0.05) is 5.54 Å². The highest BCUT2D eigenvalue weighted by Gasteiger charge is 2.18. The summed E-state index contributed by atoms with van der Waals surface area (Å²) in [6.45, 7) is 6.30. The summed E-state index contributed by atoms with van der Waals surface area (Å²) in [7, 11) is -2.07. The van der Waals surface area contributed by atoms with Crippen LogP contribution in [0.4, 0.5) is 11.4 Å². The molecule has 0 heterocycles. The van der Waals surface area contributed by atoms with Gasteiger partial charge in [-0.15, -0.1) is 0 Å². The summed E-state index contributed by atoms with van der Waals surface area (Å²) in [5, 5.41) is 3.34. The SMILES string of the molecule is CCCC(C)(C)Nc1ccc(S(=O)(=O)NC)cc1N. The number of nitrogen functional groups attached to an aromatic ring is 1. The van der Waals surface area contributed by atoms with Crippen LogP contribution in [-0.2, 0) is 10.0 Å². The number of nitrogens with two attached hydrogens (primary N) is 1. The van der Waals surface area contributed by atoms with Gasteiger partial charge in [0.05, 0.1) is 16.3 Å². The molecule has 0 bridgehead atoms. The third kappa shape index (κ3) is 4.11. The average molecular weight is 285 g/mol. The van der Waals surface area contributed by atoms with Gasteiger partial charge in [0.1, 0.15) is 0 Å². The molecule has 5 nitrogen and oxygen atoms in total. The fraction of sp³-hybridized carbons (Fsp3) is 0.538. The highest BCUT2D eigenvalue weighted by atomic mass is 32.2. The van der Waals surface area contributed by atoms with E-state index < -0.39 is 10.0 Å². The van der Waals surface area contributed by atoms with E-state index in [9.17, 15) is 8.42 Å². The van der Waals surface area contributed by atoms with Crippen molar-refractivity contribution in [1.82, 2.24) is 4.72 Å². The first-order valence-electron chi connectivity index (χ1n) is 6.33. The van der Waals surface area contributed by atoms with E-state index in [4.69, 9.17) is 5.73 Å². The maximum atomic E-state index is 11.7. The fourth-order valence-corrected chi connectivity index (χ4v) is 2.76. The normalized spacial score (nSPS) is 12.4. The predicted octanol–water partition coefficient (Wildman–Crippen LogP) is 2.17. The molecule has 0 aromatic heterocycles. The van der Waals surface area contributed by atoms with Gasteiger partial charge in [-0.1, -0.05) is 13.3 Å². The van der Waals surface area contributed by atoms with Gasteiger partial charge in [-0.3, -0.25) is 0 Å². The fourth-order valence-electron chi connectivity index (χ4n) is 1.99. The number of rotatable bonds is 6. The molecule has 19 heavy (non-hydrogen) atoms. The highest BCUT2D eigenvalue weighted by Crippen LogP contribution is 2.27. The lowest BCUT2D eigenvalue weighted by Crippen LogP contribution is -2.31. The second-order valence-corrected chi connectivity index (χ2v) is 7.10. The molecule has 1 rings (SSSR count). The van der Waals surface area contributed by atoms with E-state index in [0.29, 0.717) is 5.69 Å². The summed E-state index contributed by atoms with van der Waals surface area (Å²) in [5.74, 6) is 0. The zero-order chi connectivity index (χ0) is 14.7. The Bertz CT molecular complexity index is 539. The quantitative estimate of drug-likeness (QED) is 0.699. The van der Waals surface area contributed by atoms with Crippen molar-refractivity contribution in [2.45, 2.75) is 44.0 Å². The first-order valence-corrected chi connectivity index (χ1v) is 7.81. The van der Waals surface area contributed by atoms with Crippen LogP contribution in [0.3, 0.4) is 0 Å². The molecule has 1 aromatic rings. The van der Waals surface area contributed by atoms with Crippen LogP contribution in [0.2, 0.25) is 0 Å². The van der Waals surface area contributed by atoms with Crippen molar-refractivity contribution in [1.29, 1.82) is 0 Å². The number of benzene rings is 1. The van der Waals surface area contributed by atoms with Gasteiger partial charge in [0.2, 0.25) is 10.0 Å². The molecule has 1 aromatic carbocycles. The number of hydrogen-bond donors (Lipinski definition) is 3. The second-order valence-electron chi connectivity index (χ2n) is 5.22. The van der Waals surface area contributed by atoms with Crippen LogP contribution >= 0.6 is 0 Å². The molecule has 0 saturated carbocycles. The van der Waals surface area contributed by atoms with Gasteiger partial charge in [0.15, 0.2) is 0 Å². The molecule has 0 aliphatic carbocycles. The third-order valence-electron chi connectivity index (χ3n) is 2.95. The van der Waals surface area contributed by atoms with E-state index in [2.05, 4.69) is 30.8 Å². The zero-order valence-electron chi connectivity index (χ0n) is 11.9. The first kappa shape index (κ1) is 15.8. The lowest BCUT2D eigenvalue weighted by atomic mass is 9.98. The molecular formula is C13H23N3O2S. The van der Waals surface area contributed by atoms with Crippen molar-refractivity contribution in [2.24, 2.45) is 0 Å². The lowest BCUT2D eigenvalue weighted by Gasteiger charge is -2.28. The number of anilines is 2. The zero-order valence-corrected chi connectivity index (χ0v) is 12.8. The minimum Gasteiger partial charge on any atom is -0.397 e. The van der Waals surface area contributed by atoms with Crippen LogP contribution in [0, 0.1) is 0 Å². The average Bonchev–Trinajstić information content (AvgIpc) is 2.31. The van der Waals surface area contributed by atoms with Crippen molar-refractivity contribution in [3.8, 4) is 0 Å². The second kappa shape index (κ2) is 5.79. The Morgan fingerprint density at radius 1 is 1.32 bits per heavy atom. The van der Waals surface area contributed by atoms with Crippen LogP contribution in [0.5, 0.6) is 0 Å². The van der Waals surface area contributed by atoms with Gasteiger partial charge in [-0.25, -0.2) is 13.1 Å². The molecule has 4 N–H and O–H groups in total. The number of hydrogen-bond acceptors (Lipinski definition) is 4. The van der Waals surface area contributed by atoms with Crippen molar-refractivity contribution in [3.63, 3.8) is 0 Å². The maximum absolute atomic E-state index is 11.7. The highest BCUT2D eigenvalue weighted by molar-refractivity contribution is 7.89. The molecule has 0 amide bonds. The summed E-state index contributed by atoms with van der Waals surface area (Å²) in [6.07, 6.45) is 2.06. The minimum absolute atomic E-state index is 0.0771. The predicted molar refractivity (Wildman–Crippen MR) is 79.7 cm³/mol. The Hall–Kier alpha value is -1.27. The summed E-state index contributed by atoms with van der Waals surface area (Å²) >= 11 is 0.